The maximum Gasteiger partial charge on any atom is -0.147 e. The predicted molar refractivity (Wildman–Crippen MR) is 89.8 cm³/mol. The van der Waals surface area contributed by atoms with Crippen LogP contribution in [0.5, 0.6) is 0 Å². The number of nitrogens with zero attached hydrogens (tertiary/aromatic N) is 1. The first-order valence-corrected chi connectivity index (χ1v) is 10.2. The van der Waals surface area contributed by atoms with Crippen LogP contribution in [0.4, 0.5) is 0 Å². The van der Waals surface area contributed by atoms with Gasteiger partial charge < -0.3 is 0 Å². The van der Waals surface area contributed by atoms with Gasteiger partial charge in [-0.05, 0) is 0 Å². The molecule has 19 heavy (non-hydrogen) atoms. The minimum absolute atomic E-state index is 0. The second-order valence-corrected chi connectivity index (χ2v) is 9.44. The molecule has 111 valence electrons. The van der Waals surface area contributed by atoms with Gasteiger partial charge in [0.25, 0.3) is 0 Å². The zero-order valence-electron chi connectivity index (χ0n) is 13.4. The first-order chi connectivity index (χ1) is 7.65. The van der Waals surface area contributed by atoms with E-state index in [2.05, 4.69) is 79.6 Å². The van der Waals surface area contributed by atoms with Crippen LogP contribution in [0.1, 0.15) is 41.5 Å². The summed E-state index contributed by atoms with van der Waals surface area (Å²) in [6, 6.07) is 0.621. The quantitative estimate of drug-likeness (QED) is 0.675. The van der Waals surface area contributed by atoms with Gasteiger partial charge in [-0.25, -0.2) is 0 Å². The Bertz CT molecular complexity index is 357. The third kappa shape index (κ3) is 3.59. The molecule has 0 aromatic carbocycles. The molecule has 1 unspecified atom stereocenters. The van der Waals surface area contributed by atoms with Gasteiger partial charge in [0.1, 0.15) is 0 Å². The Kier molecular flexibility index (Phi) is 9.15. The van der Waals surface area contributed by atoms with Gasteiger partial charge in [0.15, 0.2) is 0 Å². The van der Waals surface area contributed by atoms with Gasteiger partial charge in [-0.2, -0.15) is 0 Å². The van der Waals surface area contributed by atoms with E-state index in [1.165, 1.54) is 11.1 Å². The van der Waals surface area contributed by atoms with Crippen molar-refractivity contribution in [1.29, 1.82) is 0 Å². The summed E-state index contributed by atoms with van der Waals surface area (Å²) in [5.74, 6) is 0. The van der Waals surface area contributed by atoms with Crippen molar-refractivity contribution in [2.75, 3.05) is 0 Å². The molecule has 1 aliphatic rings. The molecule has 0 fully saturated rings. The molecular weight excluding hydrogens is 329 g/mol. The summed E-state index contributed by atoms with van der Waals surface area (Å²) in [5.41, 5.74) is 4.74. The van der Waals surface area contributed by atoms with Crippen molar-refractivity contribution in [3.63, 3.8) is 0 Å². The van der Waals surface area contributed by atoms with E-state index >= 15 is 0 Å². The first-order valence-electron chi connectivity index (χ1n) is 6.55. The summed E-state index contributed by atoms with van der Waals surface area (Å²) >= 11 is 2.32. The first kappa shape index (κ1) is 22.2. The smallest absolute Gasteiger partial charge is 0.147 e. The van der Waals surface area contributed by atoms with Gasteiger partial charge in [-0.3, -0.25) is 0 Å². The normalized spacial score (nSPS) is 23.3. The van der Waals surface area contributed by atoms with Crippen LogP contribution in [0.25, 0.3) is 0 Å². The van der Waals surface area contributed by atoms with E-state index in [0.29, 0.717) is 6.04 Å². The Morgan fingerprint density at radius 1 is 1.05 bits per heavy atom. The van der Waals surface area contributed by atoms with E-state index < -0.39 is 8.96 Å². The average Bonchev–Trinajstić information content (AvgIpc) is 2.34. The van der Waals surface area contributed by atoms with Crippen molar-refractivity contribution >= 4 is 33.8 Å². The van der Waals surface area contributed by atoms with E-state index in [9.17, 15) is 0 Å². The van der Waals surface area contributed by atoms with Gasteiger partial charge in [0.05, 0.1) is 0 Å². The molecular formula is C14H28Cl2NSiTi. The van der Waals surface area contributed by atoms with Crippen molar-refractivity contribution in [2.24, 2.45) is 0 Å². The SMILES string of the molecule is CC1=C(C)C(C)(N(C(C)C)[SiH](C)C)[C]([Ti])=C1C.Cl.Cl. The third-order valence-electron chi connectivity index (χ3n) is 4.35. The summed E-state index contributed by atoms with van der Waals surface area (Å²) in [7, 11) is -0.830. The summed E-state index contributed by atoms with van der Waals surface area (Å²) in [6.45, 7) is 18.8. The molecule has 0 saturated heterocycles. The Morgan fingerprint density at radius 2 is 1.47 bits per heavy atom. The fraction of sp³-hybridized carbons (Fsp3) is 0.714. The molecule has 0 N–H and O–H groups in total. The van der Waals surface area contributed by atoms with Crippen LogP contribution in [0, 0.1) is 0 Å². The van der Waals surface area contributed by atoms with Gasteiger partial charge in [-0.15, -0.1) is 24.8 Å². The summed E-state index contributed by atoms with van der Waals surface area (Å²) in [5, 5.41) is 0. The maximum atomic E-state index is 2.78. The van der Waals surface area contributed by atoms with Crippen molar-refractivity contribution < 1.29 is 20.4 Å². The van der Waals surface area contributed by atoms with E-state index in [0.717, 1.165) is 0 Å². The third-order valence-corrected chi connectivity index (χ3v) is 7.92. The van der Waals surface area contributed by atoms with Crippen LogP contribution in [-0.2, 0) is 20.4 Å². The zero-order valence-corrected chi connectivity index (χ0v) is 17.8. The molecule has 0 bridgehead atoms. The number of rotatable bonds is 3. The van der Waals surface area contributed by atoms with Gasteiger partial charge >= 0.3 is 121 Å². The van der Waals surface area contributed by atoms with Crippen molar-refractivity contribution in [3.05, 3.63) is 20.6 Å². The van der Waals surface area contributed by atoms with Gasteiger partial charge in [0, 0.05) is 0 Å². The zero-order chi connectivity index (χ0) is 13.5. The predicted octanol–water partition coefficient (Wildman–Crippen LogP) is 4.45. The van der Waals surface area contributed by atoms with Crippen LogP contribution in [-0.4, -0.2) is 25.1 Å². The largest absolute Gasteiger partial charge is 0.147 e. The molecule has 1 atom stereocenters. The Balaban J connectivity index is 0. The molecule has 0 radical (unpaired) electrons. The van der Waals surface area contributed by atoms with Crippen LogP contribution >= 0.6 is 24.8 Å². The number of allylic oxidation sites excluding steroid dienone is 2. The van der Waals surface area contributed by atoms with E-state index in [1.54, 1.807) is 9.45 Å². The summed E-state index contributed by atoms with van der Waals surface area (Å²) < 4.78 is 4.33. The van der Waals surface area contributed by atoms with Crippen LogP contribution in [0.15, 0.2) is 20.6 Å². The molecule has 0 heterocycles. The molecule has 0 aliphatic heterocycles. The molecule has 5 heteroatoms. The molecule has 1 rings (SSSR count). The van der Waals surface area contributed by atoms with Crippen molar-refractivity contribution in [2.45, 2.75) is 66.2 Å². The van der Waals surface area contributed by atoms with Gasteiger partial charge in [-0.1, -0.05) is 0 Å². The molecule has 0 saturated carbocycles. The van der Waals surface area contributed by atoms with E-state index in [1.807, 2.05) is 0 Å². The summed E-state index contributed by atoms with van der Waals surface area (Å²) in [6.07, 6.45) is 0. The van der Waals surface area contributed by atoms with Gasteiger partial charge in [0.2, 0.25) is 0 Å². The van der Waals surface area contributed by atoms with Crippen molar-refractivity contribution in [1.82, 2.24) is 4.57 Å². The fourth-order valence-corrected chi connectivity index (χ4v) is 6.88. The fourth-order valence-electron chi connectivity index (χ4n) is 3.34. The summed E-state index contributed by atoms with van der Waals surface area (Å²) in [4.78, 5) is 0. The van der Waals surface area contributed by atoms with Crippen LogP contribution < -0.4 is 0 Å². The molecule has 1 aliphatic carbocycles. The monoisotopic (exact) mass is 356 g/mol. The molecule has 0 spiro atoms. The number of halogens is 2. The molecule has 0 amide bonds. The Labute approximate surface area is 145 Å². The van der Waals surface area contributed by atoms with E-state index in [-0.39, 0.29) is 30.4 Å². The number of hydrogen-bond donors (Lipinski definition) is 0. The topological polar surface area (TPSA) is 3.24 Å². The number of hydrogen-bond acceptors (Lipinski definition) is 1. The van der Waals surface area contributed by atoms with Crippen LogP contribution in [0.3, 0.4) is 0 Å². The Morgan fingerprint density at radius 3 is 1.68 bits per heavy atom. The van der Waals surface area contributed by atoms with Crippen molar-refractivity contribution in [3.8, 4) is 0 Å². The maximum absolute atomic E-state index is 2.78. The minimum atomic E-state index is -0.830. The molecule has 1 nitrogen and oxygen atoms in total. The van der Waals surface area contributed by atoms with Crippen LogP contribution in [0.2, 0.25) is 13.1 Å². The minimum Gasteiger partial charge on any atom is -0.147 e. The van der Waals surface area contributed by atoms with E-state index in [4.69, 9.17) is 0 Å². The second kappa shape index (κ2) is 7.82. The molecule has 0 aromatic rings. The molecule has 0 aromatic heterocycles. The standard InChI is InChI=1S/C14H26NSi.2ClH.Ti/c1-10(2)15(16(7)8)14(6)9-11(3)12(4)13(14)5;;;/h10,16H,1-8H3;2*1H;. The second-order valence-electron chi connectivity index (χ2n) is 5.92. The Hall–Kier alpha value is 0.951. The average molecular weight is 357 g/mol.